The number of carbonyl (C=O) groups excluding carboxylic acids is 2. The van der Waals surface area contributed by atoms with Crippen LogP contribution < -0.4 is 10.6 Å². The summed E-state index contributed by atoms with van der Waals surface area (Å²) in [6.45, 7) is 0. The number of nitrogens with zero attached hydrogens (tertiary/aromatic N) is 1. The van der Waals surface area contributed by atoms with Crippen molar-refractivity contribution in [2.45, 2.75) is 10.1 Å². The van der Waals surface area contributed by atoms with Crippen LogP contribution in [0, 0.1) is 0 Å². The number of nitrogens with one attached hydrogen (secondary N) is 2. The van der Waals surface area contributed by atoms with Crippen molar-refractivity contribution in [1.29, 1.82) is 0 Å². The molecule has 0 aliphatic heterocycles. The second-order valence-electron chi connectivity index (χ2n) is 9.30. The lowest BCUT2D eigenvalue weighted by Crippen LogP contribution is -2.19. The van der Waals surface area contributed by atoms with Gasteiger partial charge in [0.2, 0.25) is 5.91 Å². The first kappa shape index (κ1) is 30.5. The van der Waals surface area contributed by atoms with E-state index in [1.54, 1.807) is 36.4 Å². The van der Waals surface area contributed by atoms with Gasteiger partial charge in [-0.3, -0.25) is 9.59 Å². The van der Waals surface area contributed by atoms with Crippen LogP contribution in [0.4, 0.5) is 10.8 Å². The second kappa shape index (κ2) is 13.6. The molecule has 0 radical (unpaired) electrons. The molecule has 9 nitrogen and oxygen atoms in total. The van der Waals surface area contributed by atoms with Crippen molar-refractivity contribution in [3.8, 4) is 11.3 Å². The lowest BCUT2D eigenvalue weighted by molar-refractivity contribution is -0.115. The van der Waals surface area contributed by atoms with Crippen molar-refractivity contribution in [1.82, 2.24) is 4.98 Å². The predicted molar refractivity (Wildman–Crippen MR) is 171 cm³/mol. The zero-order valence-corrected chi connectivity index (χ0v) is 25.0. The van der Waals surface area contributed by atoms with Crippen LogP contribution in [0.25, 0.3) is 11.3 Å². The van der Waals surface area contributed by atoms with E-state index >= 15 is 0 Å². The molecule has 4 N–H and O–H groups in total. The van der Waals surface area contributed by atoms with Crippen molar-refractivity contribution in [2.75, 3.05) is 10.6 Å². The molecule has 44 heavy (non-hydrogen) atoms. The zero-order chi connectivity index (χ0) is 31.2. The number of thiazole rings is 1. The molecule has 1 unspecified atom stereocenters. The number of aromatic carboxylic acids is 2. The fourth-order valence-corrected chi connectivity index (χ4v) is 6.12. The summed E-state index contributed by atoms with van der Waals surface area (Å²) in [4.78, 5) is 54.8. The van der Waals surface area contributed by atoms with Crippen molar-refractivity contribution in [3.63, 3.8) is 0 Å². The summed E-state index contributed by atoms with van der Waals surface area (Å²) in [7, 11) is 0. The van der Waals surface area contributed by atoms with Crippen LogP contribution in [0.3, 0.4) is 0 Å². The summed E-state index contributed by atoms with van der Waals surface area (Å²) in [5.41, 5.74) is 1.81. The Morgan fingerprint density at radius 2 is 1.55 bits per heavy atom. The van der Waals surface area contributed by atoms with E-state index in [1.807, 2.05) is 47.8 Å². The highest BCUT2D eigenvalue weighted by atomic mass is 35.5. The molecule has 220 valence electrons. The molecule has 0 aliphatic carbocycles. The Morgan fingerprint density at radius 3 is 2.25 bits per heavy atom. The molecular weight excluding hydrogens is 622 g/mol. The minimum absolute atomic E-state index is 0.191. The number of hydrogen-bond acceptors (Lipinski definition) is 7. The monoisotopic (exact) mass is 643 g/mol. The van der Waals surface area contributed by atoms with Crippen molar-refractivity contribution in [3.05, 3.63) is 130 Å². The Balaban J connectivity index is 1.35. The van der Waals surface area contributed by atoms with Gasteiger partial charge in [-0.1, -0.05) is 60.1 Å². The molecule has 0 bridgehead atoms. The first-order valence-electron chi connectivity index (χ1n) is 12.9. The van der Waals surface area contributed by atoms with E-state index in [2.05, 4.69) is 15.6 Å². The van der Waals surface area contributed by atoms with Gasteiger partial charge in [-0.25, -0.2) is 14.6 Å². The molecule has 5 aromatic rings. The molecule has 5 rings (SSSR count). The zero-order valence-electron chi connectivity index (χ0n) is 22.6. The molecule has 0 fully saturated rings. The van der Waals surface area contributed by atoms with Gasteiger partial charge in [0.1, 0.15) is 5.25 Å². The number of thioether (sulfide) groups is 1. The van der Waals surface area contributed by atoms with Crippen molar-refractivity contribution in [2.24, 2.45) is 0 Å². The maximum atomic E-state index is 13.6. The van der Waals surface area contributed by atoms with E-state index in [0.29, 0.717) is 26.4 Å². The first-order valence-corrected chi connectivity index (χ1v) is 15.1. The number of rotatable bonds is 10. The Bertz CT molecular complexity index is 1860. The largest absolute Gasteiger partial charge is 0.478 e. The van der Waals surface area contributed by atoms with Gasteiger partial charge in [0.25, 0.3) is 5.91 Å². The smallest absolute Gasteiger partial charge is 0.336 e. The number of carboxylic acid groups (broad SMARTS) is 2. The molecule has 0 aliphatic rings. The fourth-order valence-electron chi connectivity index (χ4n) is 4.19. The summed E-state index contributed by atoms with van der Waals surface area (Å²) in [5, 5.41) is 26.5. The summed E-state index contributed by atoms with van der Waals surface area (Å²) in [6.07, 6.45) is 0. The number of amides is 2. The number of carboxylic acids is 2. The van der Waals surface area contributed by atoms with Gasteiger partial charge < -0.3 is 20.8 Å². The van der Waals surface area contributed by atoms with Crippen LogP contribution in [-0.4, -0.2) is 39.0 Å². The number of aromatic nitrogens is 1. The number of benzene rings is 4. The normalized spacial score (nSPS) is 11.4. The van der Waals surface area contributed by atoms with E-state index in [4.69, 9.17) is 11.6 Å². The van der Waals surface area contributed by atoms with Crippen molar-refractivity contribution < 1.29 is 29.4 Å². The molecule has 1 heterocycles. The number of carbonyl (C=O) groups is 4. The quantitative estimate of drug-likeness (QED) is 0.114. The topological polar surface area (TPSA) is 146 Å². The highest BCUT2D eigenvalue weighted by Crippen LogP contribution is 2.38. The third kappa shape index (κ3) is 7.32. The minimum Gasteiger partial charge on any atom is -0.478 e. The van der Waals surface area contributed by atoms with Gasteiger partial charge in [-0.05, 0) is 54.1 Å². The van der Waals surface area contributed by atoms with Crippen molar-refractivity contribution >= 4 is 69.3 Å². The number of anilines is 2. The number of hydrogen-bond donors (Lipinski definition) is 4. The van der Waals surface area contributed by atoms with Gasteiger partial charge in [-0.15, -0.1) is 23.1 Å². The predicted octanol–water partition coefficient (Wildman–Crippen LogP) is 7.58. The average molecular weight is 644 g/mol. The molecular formula is C32H22ClN3O6S2. The summed E-state index contributed by atoms with van der Waals surface area (Å²) in [5.74, 6) is -3.76. The summed E-state index contributed by atoms with van der Waals surface area (Å²) >= 11 is 8.56. The minimum atomic E-state index is -1.43. The second-order valence-corrected chi connectivity index (χ2v) is 11.8. The molecule has 12 heteroatoms. The Kier molecular flexibility index (Phi) is 9.39. The van der Waals surface area contributed by atoms with Gasteiger partial charge in [0.05, 0.1) is 22.4 Å². The van der Waals surface area contributed by atoms with E-state index in [9.17, 15) is 29.4 Å². The van der Waals surface area contributed by atoms with E-state index in [1.165, 1.54) is 29.2 Å². The van der Waals surface area contributed by atoms with Crippen LogP contribution in [-0.2, 0) is 4.79 Å². The van der Waals surface area contributed by atoms with Crippen LogP contribution in [0.15, 0.2) is 107 Å². The van der Waals surface area contributed by atoms with Crippen LogP contribution in [0.2, 0.25) is 5.02 Å². The van der Waals surface area contributed by atoms with Crippen LogP contribution in [0.5, 0.6) is 0 Å². The Hall–Kier alpha value is -4.97. The van der Waals surface area contributed by atoms with Crippen LogP contribution >= 0.6 is 34.7 Å². The molecule has 2 amide bonds. The van der Waals surface area contributed by atoms with Gasteiger partial charge >= 0.3 is 11.9 Å². The maximum Gasteiger partial charge on any atom is 0.336 e. The van der Waals surface area contributed by atoms with E-state index < -0.39 is 28.7 Å². The van der Waals surface area contributed by atoms with E-state index in [-0.39, 0.29) is 17.0 Å². The van der Waals surface area contributed by atoms with Gasteiger partial charge in [0.15, 0.2) is 5.13 Å². The third-order valence-electron chi connectivity index (χ3n) is 6.30. The average Bonchev–Trinajstić information content (AvgIpc) is 3.48. The van der Waals surface area contributed by atoms with Crippen LogP contribution in [0.1, 0.15) is 41.9 Å². The van der Waals surface area contributed by atoms with Gasteiger partial charge in [0, 0.05) is 26.5 Å². The SMILES string of the molecule is O=C(O)c1ccc(C(=O)Nc2cccc(SC(C(=O)Nc3nc(-c4ccc(Cl)cc4)cs3)c3ccccc3)c2)c(C(=O)O)c1. The Morgan fingerprint density at radius 1 is 0.795 bits per heavy atom. The molecule has 1 atom stereocenters. The first-order chi connectivity index (χ1) is 21.2. The summed E-state index contributed by atoms with van der Waals surface area (Å²) in [6, 6.07) is 26.5. The van der Waals surface area contributed by atoms with Gasteiger partial charge in [-0.2, -0.15) is 0 Å². The number of halogens is 1. The molecule has 4 aromatic carbocycles. The highest BCUT2D eigenvalue weighted by molar-refractivity contribution is 8.00. The fraction of sp³-hybridized carbons (Fsp3) is 0.0312. The molecule has 1 aromatic heterocycles. The maximum absolute atomic E-state index is 13.6. The van der Waals surface area contributed by atoms with E-state index in [0.717, 1.165) is 23.3 Å². The lowest BCUT2D eigenvalue weighted by atomic mass is 10.0. The standard InChI is InChI=1S/C32H22ClN3O6S2/c33-21-12-9-18(10-13-21)26-17-43-32(35-26)36-29(38)27(19-5-2-1-3-6-19)44-23-8-4-7-22(16-23)34-28(37)24-14-11-20(30(39)40)15-25(24)31(41)42/h1-17,27H,(H,34,37)(H,39,40)(H,41,42)(H,35,36,38). The molecule has 0 spiro atoms. The lowest BCUT2D eigenvalue weighted by Gasteiger charge is -2.17. The Labute approximate surface area is 264 Å². The third-order valence-corrected chi connectivity index (χ3v) is 8.56. The molecule has 0 saturated heterocycles. The highest BCUT2D eigenvalue weighted by Gasteiger charge is 2.24. The summed E-state index contributed by atoms with van der Waals surface area (Å²) < 4.78 is 0. The molecule has 0 saturated carbocycles.